The summed E-state index contributed by atoms with van der Waals surface area (Å²) in [7, 11) is 0. The Morgan fingerprint density at radius 3 is 2.91 bits per heavy atom. The van der Waals surface area contributed by atoms with E-state index in [9.17, 15) is 4.79 Å². The first-order chi connectivity index (χ1) is 5.27. The number of aromatic nitrogens is 2. The minimum atomic E-state index is -0.220. The van der Waals surface area contributed by atoms with Crippen LogP contribution in [0, 0.1) is 0 Å². The molecule has 2 rings (SSSR count). The topological polar surface area (TPSA) is 71.8 Å². The van der Waals surface area contributed by atoms with Gasteiger partial charge in [-0.05, 0) is 12.8 Å². The number of H-pyrrole nitrogens is 1. The van der Waals surface area contributed by atoms with Crippen molar-refractivity contribution in [2.45, 2.75) is 18.8 Å². The summed E-state index contributed by atoms with van der Waals surface area (Å²) in [6.07, 6.45) is 3.69. The number of anilines is 1. The van der Waals surface area contributed by atoms with Gasteiger partial charge in [-0.2, -0.15) is 0 Å². The number of hydrogen-bond acceptors (Lipinski definition) is 3. The Morgan fingerprint density at radius 1 is 1.64 bits per heavy atom. The largest absolute Gasteiger partial charge is 0.393 e. The van der Waals surface area contributed by atoms with E-state index in [0.717, 1.165) is 18.7 Å². The highest BCUT2D eigenvalue weighted by atomic mass is 16.1. The van der Waals surface area contributed by atoms with Crippen LogP contribution in [0.2, 0.25) is 0 Å². The lowest BCUT2D eigenvalue weighted by atomic mass is 10.4. The zero-order chi connectivity index (χ0) is 7.84. The second-order valence-electron chi connectivity index (χ2n) is 2.83. The van der Waals surface area contributed by atoms with E-state index in [4.69, 9.17) is 5.73 Å². The molecule has 1 aromatic heterocycles. The van der Waals surface area contributed by atoms with Crippen LogP contribution in [-0.2, 0) is 0 Å². The molecule has 4 nitrogen and oxygen atoms in total. The van der Waals surface area contributed by atoms with Gasteiger partial charge in [0.2, 0.25) is 0 Å². The van der Waals surface area contributed by atoms with E-state index in [1.54, 1.807) is 0 Å². The van der Waals surface area contributed by atoms with Crippen molar-refractivity contribution in [2.24, 2.45) is 0 Å². The molecule has 0 saturated heterocycles. The van der Waals surface area contributed by atoms with Crippen molar-refractivity contribution < 1.29 is 0 Å². The van der Waals surface area contributed by atoms with Gasteiger partial charge in [0, 0.05) is 5.92 Å². The van der Waals surface area contributed by atoms with Crippen LogP contribution >= 0.6 is 0 Å². The summed E-state index contributed by atoms with van der Waals surface area (Å²) >= 11 is 0. The van der Waals surface area contributed by atoms with E-state index < -0.39 is 0 Å². The summed E-state index contributed by atoms with van der Waals surface area (Å²) in [5.74, 6) is 1.26. The van der Waals surface area contributed by atoms with Gasteiger partial charge in [0.1, 0.15) is 11.5 Å². The lowest BCUT2D eigenvalue weighted by Gasteiger charge is -1.95. The fraction of sp³-hybridized carbons (Fsp3) is 0.429. The molecule has 0 unspecified atom stereocenters. The van der Waals surface area contributed by atoms with Gasteiger partial charge in [-0.15, -0.1) is 0 Å². The van der Waals surface area contributed by atoms with E-state index in [1.165, 1.54) is 6.20 Å². The fourth-order valence-electron chi connectivity index (χ4n) is 0.983. The molecule has 58 valence electrons. The van der Waals surface area contributed by atoms with Crippen molar-refractivity contribution in [1.82, 2.24) is 9.97 Å². The number of nitrogens with one attached hydrogen (secondary N) is 1. The molecule has 1 fully saturated rings. The van der Waals surface area contributed by atoms with Gasteiger partial charge in [-0.1, -0.05) is 0 Å². The van der Waals surface area contributed by atoms with Crippen LogP contribution in [-0.4, -0.2) is 9.97 Å². The Hall–Kier alpha value is -1.32. The average Bonchev–Trinajstić information content (AvgIpc) is 2.77. The smallest absolute Gasteiger partial charge is 0.274 e. The minimum Gasteiger partial charge on any atom is -0.393 e. The summed E-state index contributed by atoms with van der Waals surface area (Å²) in [5, 5.41) is 0. The number of aromatic amines is 1. The molecule has 0 atom stereocenters. The molecule has 1 aliphatic carbocycles. The van der Waals surface area contributed by atoms with Gasteiger partial charge in [0.05, 0.1) is 6.20 Å². The molecule has 0 amide bonds. The Bertz CT molecular complexity index is 327. The lowest BCUT2D eigenvalue weighted by molar-refractivity contribution is 0.911. The molecular formula is C7H9N3O. The highest BCUT2D eigenvalue weighted by Gasteiger charge is 2.25. The van der Waals surface area contributed by atoms with Crippen LogP contribution in [0.25, 0.3) is 0 Å². The van der Waals surface area contributed by atoms with E-state index >= 15 is 0 Å². The van der Waals surface area contributed by atoms with Gasteiger partial charge < -0.3 is 10.7 Å². The summed E-state index contributed by atoms with van der Waals surface area (Å²) in [4.78, 5) is 17.6. The Balaban J connectivity index is 2.44. The molecular weight excluding hydrogens is 142 g/mol. The van der Waals surface area contributed by atoms with Crippen molar-refractivity contribution in [3.8, 4) is 0 Å². The maximum absolute atomic E-state index is 11.0. The van der Waals surface area contributed by atoms with E-state index in [-0.39, 0.29) is 11.2 Å². The van der Waals surface area contributed by atoms with E-state index in [2.05, 4.69) is 9.97 Å². The van der Waals surface area contributed by atoms with Gasteiger partial charge >= 0.3 is 0 Å². The van der Waals surface area contributed by atoms with Crippen molar-refractivity contribution in [3.05, 3.63) is 22.4 Å². The summed E-state index contributed by atoms with van der Waals surface area (Å²) in [6.45, 7) is 0. The Kier molecular flexibility index (Phi) is 1.21. The predicted molar refractivity (Wildman–Crippen MR) is 41.2 cm³/mol. The summed E-state index contributed by atoms with van der Waals surface area (Å²) in [5.41, 5.74) is 5.27. The summed E-state index contributed by atoms with van der Waals surface area (Å²) in [6, 6.07) is 0. The molecule has 0 aromatic carbocycles. The molecule has 0 aliphatic heterocycles. The first-order valence-electron chi connectivity index (χ1n) is 3.62. The zero-order valence-electron chi connectivity index (χ0n) is 6.00. The number of nitrogens with two attached hydrogens (primary N) is 1. The Labute approximate surface area is 63.5 Å². The standard InChI is InChI=1S/C7H9N3O/c8-5-3-9-6(4-1-2-4)10-7(5)11/h3-4H,1-2,8H2,(H,9,10,11). The molecule has 0 radical (unpaired) electrons. The molecule has 1 saturated carbocycles. The molecule has 1 aliphatic rings. The quantitative estimate of drug-likeness (QED) is 0.603. The molecule has 11 heavy (non-hydrogen) atoms. The highest BCUT2D eigenvalue weighted by molar-refractivity contribution is 5.31. The van der Waals surface area contributed by atoms with Crippen molar-refractivity contribution in [3.63, 3.8) is 0 Å². The van der Waals surface area contributed by atoms with Crippen LogP contribution in [0.4, 0.5) is 5.69 Å². The molecule has 1 heterocycles. The highest BCUT2D eigenvalue weighted by Crippen LogP contribution is 2.37. The monoisotopic (exact) mass is 151 g/mol. The number of nitrogen functional groups attached to an aromatic ring is 1. The molecule has 0 bridgehead atoms. The fourth-order valence-corrected chi connectivity index (χ4v) is 0.983. The SMILES string of the molecule is Nc1cnc(C2CC2)[nH]c1=O. The van der Waals surface area contributed by atoms with Crippen LogP contribution in [0.3, 0.4) is 0 Å². The first kappa shape index (κ1) is 6.39. The van der Waals surface area contributed by atoms with Crippen LogP contribution < -0.4 is 11.3 Å². The molecule has 4 heteroatoms. The molecule has 1 aromatic rings. The Morgan fingerprint density at radius 2 is 2.36 bits per heavy atom. The maximum atomic E-state index is 11.0. The third-order valence-electron chi connectivity index (χ3n) is 1.81. The predicted octanol–water partition coefficient (Wildman–Crippen LogP) is 0.230. The van der Waals surface area contributed by atoms with Gasteiger partial charge in [-0.3, -0.25) is 4.79 Å². The van der Waals surface area contributed by atoms with E-state index in [0.29, 0.717) is 5.92 Å². The van der Waals surface area contributed by atoms with Crippen LogP contribution in [0.1, 0.15) is 24.6 Å². The van der Waals surface area contributed by atoms with Gasteiger partial charge in [-0.25, -0.2) is 4.98 Å². The van der Waals surface area contributed by atoms with Crippen molar-refractivity contribution >= 4 is 5.69 Å². The minimum absolute atomic E-state index is 0.189. The third-order valence-corrected chi connectivity index (χ3v) is 1.81. The second kappa shape index (κ2) is 2.08. The van der Waals surface area contributed by atoms with Crippen molar-refractivity contribution in [1.29, 1.82) is 0 Å². The van der Waals surface area contributed by atoms with E-state index in [1.807, 2.05) is 0 Å². The zero-order valence-corrected chi connectivity index (χ0v) is 6.00. The second-order valence-corrected chi connectivity index (χ2v) is 2.83. The van der Waals surface area contributed by atoms with Crippen LogP contribution in [0.15, 0.2) is 11.0 Å². The van der Waals surface area contributed by atoms with Gasteiger partial charge in [0.25, 0.3) is 5.56 Å². The number of rotatable bonds is 1. The van der Waals surface area contributed by atoms with Crippen LogP contribution in [0.5, 0.6) is 0 Å². The molecule has 0 spiro atoms. The average molecular weight is 151 g/mol. The normalized spacial score (nSPS) is 16.7. The van der Waals surface area contributed by atoms with Gasteiger partial charge in [0.15, 0.2) is 0 Å². The third kappa shape index (κ3) is 1.11. The molecule has 3 N–H and O–H groups in total. The lowest BCUT2D eigenvalue weighted by Crippen LogP contribution is -2.14. The van der Waals surface area contributed by atoms with Crippen molar-refractivity contribution in [2.75, 3.05) is 5.73 Å². The number of hydrogen-bond donors (Lipinski definition) is 2. The first-order valence-corrected chi connectivity index (χ1v) is 3.62. The number of nitrogens with zero attached hydrogens (tertiary/aromatic N) is 1. The maximum Gasteiger partial charge on any atom is 0.274 e. The summed E-state index contributed by atoms with van der Waals surface area (Å²) < 4.78 is 0.